The van der Waals surface area contributed by atoms with Gasteiger partial charge in [-0.05, 0) is 71.8 Å². The van der Waals surface area contributed by atoms with Crippen LogP contribution in [0.4, 0.5) is 11.4 Å². The normalized spacial score (nSPS) is 14.8. The lowest BCUT2D eigenvalue weighted by Gasteiger charge is -2.32. The second-order valence-corrected chi connectivity index (χ2v) is 9.60. The van der Waals surface area contributed by atoms with Crippen molar-refractivity contribution >= 4 is 46.2 Å². The van der Waals surface area contributed by atoms with E-state index in [0.29, 0.717) is 28.2 Å². The summed E-state index contributed by atoms with van der Waals surface area (Å²) >= 11 is 12.1. The number of anilines is 2. The van der Waals surface area contributed by atoms with Gasteiger partial charge in [0.15, 0.2) is 17.8 Å². The number of carbonyl (C=O) groups excluding carboxylic acids is 1. The molecule has 1 heterocycles. The van der Waals surface area contributed by atoms with E-state index in [1.54, 1.807) is 19.2 Å². The van der Waals surface area contributed by atoms with Crippen LogP contribution in [0.1, 0.15) is 24.2 Å². The monoisotopic (exact) mass is 545 g/mol. The second kappa shape index (κ2) is 11.2. The maximum Gasteiger partial charge on any atom is 0.198 e. The van der Waals surface area contributed by atoms with Crippen molar-refractivity contribution in [2.45, 2.75) is 19.7 Å². The fraction of sp³-hybridized carbons (Fsp3) is 0.133. The molecule has 6 nitrogen and oxygen atoms in total. The molecule has 1 aliphatic heterocycles. The zero-order chi connectivity index (χ0) is 26.6. The van der Waals surface area contributed by atoms with Gasteiger partial charge in [-0.3, -0.25) is 9.69 Å². The fourth-order valence-corrected chi connectivity index (χ4v) is 4.51. The number of rotatable bonds is 8. The molecule has 192 valence electrons. The van der Waals surface area contributed by atoms with Crippen LogP contribution in [0.15, 0.2) is 102 Å². The zero-order valence-electron chi connectivity index (χ0n) is 20.8. The maximum absolute atomic E-state index is 12.8. The van der Waals surface area contributed by atoms with Gasteiger partial charge in [-0.2, -0.15) is 0 Å². The van der Waals surface area contributed by atoms with Crippen LogP contribution in [0.5, 0.6) is 11.5 Å². The molecule has 0 aliphatic carbocycles. The van der Waals surface area contributed by atoms with Gasteiger partial charge in [-0.25, -0.2) is 5.01 Å². The molecule has 1 unspecified atom stereocenters. The minimum atomic E-state index is -0.438. The molecule has 1 atom stereocenters. The molecule has 0 bridgehead atoms. The third-order valence-electron chi connectivity index (χ3n) is 6.14. The van der Waals surface area contributed by atoms with Gasteiger partial charge in [0.25, 0.3) is 0 Å². The first-order chi connectivity index (χ1) is 18.4. The van der Waals surface area contributed by atoms with Gasteiger partial charge in [0.05, 0.1) is 12.8 Å². The Kier molecular flexibility index (Phi) is 7.54. The maximum atomic E-state index is 12.8. The molecule has 4 aromatic carbocycles. The largest absolute Gasteiger partial charge is 0.497 e. The van der Waals surface area contributed by atoms with E-state index in [2.05, 4.69) is 0 Å². The van der Waals surface area contributed by atoms with Crippen LogP contribution in [-0.2, 0) is 11.4 Å². The molecule has 0 fully saturated rings. The van der Waals surface area contributed by atoms with Gasteiger partial charge in [0, 0.05) is 28.7 Å². The molecule has 38 heavy (non-hydrogen) atoms. The summed E-state index contributed by atoms with van der Waals surface area (Å²) in [7, 11) is 1.61. The number of hydrogen-bond acceptors (Lipinski definition) is 6. The topological polar surface area (TPSA) is 54.4 Å². The van der Waals surface area contributed by atoms with Crippen molar-refractivity contribution in [3.8, 4) is 11.5 Å². The Morgan fingerprint density at radius 1 is 0.842 bits per heavy atom. The number of carbonyl (C=O) groups is 1. The molecule has 0 N–H and O–H groups in total. The second-order valence-electron chi connectivity index (χ2n) is 8.73. The number of ketones is 1. The third-order valence-corrected chi connectivity index (χ3v) is 6.65. The Morgan fingerprint density at radius 3 is 2.13 bits per heavy atom. The van der Waals surface area contributed by atoms with Crippen LogP contribution in [0.2, 0.25) is 10.0 Å². The first-order valence-electron chi connectivity index (χ1n) is 12.0. The molecule has 4 aromatic rings. The summed E-state index contributed by atoms with van der Waals surface area (Å²) in [6.45, 7) is 1.94. The summed E-state index contributed by atoms with van der Waals surface area (Å²) in [5, 5.41) is 7.90. The number of halogens is 2. The minimum Gasteiger partial charge on any atom is -0.497 e. The Hall–Kier alpha value is -4.00. The highest BCUT2D eigenvalue weighted by molar-refractivity contribution is 6.44. The molecule has 1 aliphatic rings. The summed E-state index contributed by atoms with van der Waals surface area (Å²) in [6.07, 6.45) is -0.438. The molecular weight excluding hydrogens is 521 g/mol. The van der Waals surface area contributed by atoms with E-state index in [1.807, 2.05) is 94.8 Å². The van der Waals surface area contributed by atoms with E-state index >= 15 is 0 Å². The molecule has 0 aromatic heterocycles. The molecule has 0 radical (unpaired) electrons. The summed E-state index contributed by atoms with van der Waals surface area (Å²) in [5.41, 5.74) is 3.52. The lowest BCUT2D eigenvalue weighted by molar-refractivity contribution is -0.111. The first kappa shape index (κ1) is 25.6. The van der Waals surface area contributed by atoms with Crippen molar-refractivity contribution in [2.24, 2.45) is 5.10 Å². The van der Waals surface area contributed by atoms with Crippen molar-refractivity contribution in [1.29, 1.82) is 0 Å². The number of ether oxygens (including phenoxy) is 2. The average molecular weight is 546 g/mol. The zero-order valence-corrected chi connectivity index (χ0v) is 22.4. The predicted molar refractivity (Wildman–Crippen MR) is 152 cm³/mol. The van der Waals surface area contributed by atoms with Gasteiger partial charge in [0.1, 0.15) is 18.1 Å². The number of amidine groups is 1. The number of hydrogen-bond donors (Lipinski definition) is 0. The molecule has 0 spiro atoms. The van der Waals surface area contributed by atoms with Gasteiger partial charge in [-0.1, -0.05) is 53.5 Å². The lowest BCUT2D eigenvalue weighted by Crippen LogP contribution is -2.37. The minimum absolute atomic E-state index is 0.155. The Bertz CT molecular complexity index is 1460. The Morgan fingerprint density at radius 2 is 1.50 bits per heavy atom. The third kappa shape index (κ3) is 5.47. The number of Topliss-reactive ketones (excluding diaryl/α,β-unsaturated/α-hetero) is 1. The van der Waals surface area contributed by atoms with E-state index in [0.717, 1.165) is 28.3 Å². The van der Waals surface area contributed by atoms with E-state index in [4.69, 9.17) is 37.8 Å². The van der Waals surface area contributed by atoms with Crippen molar-refractivity contribution in [3.05, 3.63) is 118 Å². The highest BCUT2D eigenvalue weighted by atomic mass is 35.5. The molecule has 8 heteroatoms. The summed E-state index contributed by atoms with van der Waals surface area (Å²) < 4.78 is 11.4. The van der Waals surface area contributed by atoms with E-state index in [-0.39, 0.29) is 5.78 Å². The van der Waals surface area contributed by atoms with Gasteiger partial charge in [-0.15, -0.1) is 5.10 Å². The van der Waals surface area contributed by atoms with Crippen LogP contribution in [0.3, 0.4) is 0 Å². The van der Waals surface area contributed by atoms with Crippen LogP contribution < -0.4 is 19.4 Å². The van der Waals surface area contributed by atoms with Crippen LogP contribution in [0, 0.1) is 0 Å². The van der Waals surface area contributed by atoms with Crippen LogP contribution >= 0.6 is 23.2 Å². The fourth-order valence-electron chi connectivity index (χ4n) is 4.26. The molecule has 0 amide bonds. The van der Waals surface area contributed by atoms with E-state index in [9.17, 15) is 4.79 Å². The predicted octanol–water partition coefficient (Wildman–Crippen LogP) is 7.51. The summed E-state index contributed by atoms with van der Waals surface area (Å²) in [5.74, 6) is 1.57. The van der Waals surface area contributed by atoms with Gasteiger partial charge >= 0.3 is 0 Å². The van der Waals surface area contributed by atoms with Crippen LogP contribution in [0.25, 0.3) is 0 Å². The van der Waals surface area contributed by atoms with Crippen molar-refractivity contribution in [2.75, 3.05) is 17.0 Å². The van der Waals surface area contributed by atoms with Gasteiger partial charge < -0.3 is 9.47 Å². The standard InChI is InChI=1S/C30H25Cl2N3O3/c1-20(36)29-33-35(25-14-12-24(32)13-15-25)30(34(29)26-4-3-5-28(18-26)37-2)22-8-16-27(17-9-22)38-19-21-6-10-23(31)11-7-21/h3-18,30H,19H2,1-2H3. The molecule has 0 saturated carbocycles. The first-order valence-corrected chi connectivity index (χ1v) is 12.7. The quantitative estimate of drug-likeness (QED) is 0.229. The number of methoxy groups -OCH3 is 1. The Balaban J connectivity index is 1.51. The molecule has 0 saturated heterocycles. The molecular formula is C30H25Cl2N3O3. The van der Waals surface area contributed by atoms with Gasteiger partial charge in [0.2, 0.25) is 0 Å². The lowest BCUT2D eigenvalue weighted by atomic mass is 10.1. The number of hydrazone groups is 1. The van der Waals surface area contributed by atoms with Crippen molar-refractivity contribution in [1.82, 2.24) is 0 Å². The smallest absolute Gasteiger partial charge is 0.198 e. The number of benzene rings is 4. The van der Waals surface area contributed by atoms with Crippen molar-refractivity contribution < 1.29 is 14.3 Å². The van der Waals surface area contributed by atoms with E-state index < -0.39 is 6.17 Å². The van der Waals surface area contributed by atoms with Crippen molar-refractivity contribution in [3.63, 3.8) is 0 Å². The van der Waals surface area contributed by atoms with E-state index in [1.165, 1.54) is 6.92 Å². The highest BCUT2D eigenvalue weighted by Gasteiger charge is 2.39. The summed E-state index contributed by atoms with van der Waals surface area (Å²) in [6, 6.07) is 30.3. The van der Waals surface area contributed by atoms with Crippen LogP contribution in [-0.4, -0.2) is 18.7 Å². The number of nitrogens with zero attached hydrogens (tertiary/aromatic N) is 3. The summed E-state index contributed by atoms with van der Waals surface area (Å²) in [4.78, 5) is 14.7. The Labute approximate surface area is 231 Å². The average Bonchev–Trinajstić information content (AvgIpc) is 3.34. The highest BCUT2D eigenvalue weighted by Crippen LogP contribution is 2.40. The SMILES string of the molecule is COc1cccc(N2C(C(C)=O)=NN(c3ccc(Cl)cc3)C2c2ccc(OCc3ccc(Cl)cc3)cc2)c1. The molecule has 5 rings (SSSR count).